The predicted octanol–water partition coefficient (Wildman–Crippen LogP) is 2.22. The van der Waals surface area contributed by atoms with E-state index in [-0.39, 0.29) is 22.3 Å². The second-order valence-electron chi connectivity index (χ2n) is 4.88. The van der Waals surface area contributed by atoms with Crippen LogP contribution >= 0.6 is 11.6 Å². The van der Waals surface area contributed by atoms with E-state index in [1.54, 1.807) is 18.2 Å². The molecule has 20 heavy (non-hydrogen) atoms. The number of nitrogens with zero attached hydrogens (tertiary/aromatic N) is 1. The lowest BCUT2D eigenvalue weighted by Crippen LogP contribution is -2.38. The van der Waals surface area contributed by atoms with Crippen LogP contribution in [0.4, 0.5) is 0 Å². The smallest absolute Gasteiger partial charge is 0.303 e. The Morgan fingerprint density at radius 3 is 2.45 bits per heavy atom. The summed E-state index contributed by atoms with van der Waals surface area (Å²) in [4.78, 5) is 10.8. The average molecular weight is 318 g/mol. The zero-order valence-corrected chi connectivity index (χ0v) is 12.4. The summed E-state index contributed by atoms with van der Waals surface area (Å²) < 4.78 is 26.3. The van der Waals surface area contributed by atoms with Gasteiger partial charge in [-0.05, 0) is 30.9 Å². The van der Waals surface area contributed by atoms with Crippen LogP contribution in [-0.4, -0.2) is 36.9 Å². The lowest BCUT2D eigenvalue weighted by molar-refractivity contribution is -0.138. The zero-order chi connectivity index (χ0) is 14.8. The highest BCUT2D eigenvalue weighted by Gasteiger charge is 2.31. The van der Waals surface area contributed by atoms with Crippen LogP contribution in [0.3, 0.4) is 0 Å². The highest BCUT2D eigenvalue weighted by atomic mass is 35.5. The monoisotopic (exact) mass is 317 g/mol. The number of halogens is 1. The first-order valence-corrected chi connectivity index (χ1v) is 8.19. The number of benzene rings is 1. The minimum Gasteiger partial charge on any atom is -0.481 e. The molecule has 0 spiro atoms. The fourth-order valence-corrected chi connectivity index (χ4v) is 4.36. The number of carboxylic acids is 1. The Hall–Kier alpha value is -1.11. The van der Waals surface area contributed by atoms with Crippen molar-refractivity contribution in [2.45, 2.75) is 24.2 Å². The highest BCUT2D eigenvalue weighted by Crippen LogP contribution is 2.28. The van der Waals surface area contributed by atoms with Gasteiger partial charge in [-0.2, -0.15) is 4.31 Å². The van der Waals surface area contributed by atoms with Crippen molar-refractivity contribution in [2.24, 2.45) is 5.92 Å². The van der Waals surface area contributed by atoms with Crippen LogP contribution in [0.15, 0.2) is 29.2 Å². The van der Waals surface area contributed by atoms with Crippen molar-refractivity contribution in [1.82, 2.24) is 4.31 Å². The molecule has 0 bridgehead atoms. The van der Waals surface area contributed by atoms with E-state index in [9.17, 15) is 13.2 Å². The molecule has 110 valence electrons. The summed E-state index contributed by atoms with van der Waals surface area (Å²) in [5.41, 5.74) is 0. The molecule has 0 radical (unpaired) electrons. The molecular formula is C13H16ClNO4S. The minimum atomic E-state index is -3.59. The zero-order valence-electron chi connectivity index (χ0n) is 10.8. The third-order valence-corrected chi connectivity index (χ3v) is 5.89. The van der Waals surface area contributed by atoms with Gasteiger partial charge in [0.15, 0.2) is 0 Å². The van der Waals surface area contributed by atoms with E-state index in [0.29, 0.717) is 25.9 Å². The normalized spacial score (nSPS) is 18.1. The maximum atomic E-state index is 12.5. The van der Waals surface area contributed by atoms with Gasteiger partial charge >= 0.3 is 5.97 Å². The SMILES string of the molecule is O=C(O)CC1CCN(S(=O)(=O)c2ccccc2Cl)CC1. The Morgan fingerprint density at radius 2 is 1.90 bits per heavy atom. The van der Waals surface area contributed by atoms with Crippen molar-refractivity contribution in [2.75, 3.05) is 13.1 Å². The van der Waals surface area contributed by atoms with Gasteiger partial charge in [0.25, 0.3) is 0 Å². The van der Waals surface area contributed by atoms with Crippen LogP contribution in [0, 0.1) is 5.92 Å². The summed E-state index contributed by atoms with van der Waals surface area (Å²) in [5.74, 6) is -0.789. The average Bonchev–Trinajstić information content (AvgIpc) is 2.39. The van der Waals surface area contributed by atoms with Crippen LogP contribution in [0.25, 0.3) is 0 Å². The second kappa shape index (κ2) is 6.11. The molecule has 1 saturated heterocycles. The van der Waals surface area contributed by atoms with Crippen molar-refractivity contribution in [1.29, 1.82) is 0 Å². The van der Waals surface area contributed by atoms with Crippen LogP contribution in [0.2, 0.25) is 5.02 Å². The summed E-state index contributed by atoms with van der Waals surface area (Å²) in [6.45, 7) is 0.678. The van der Waals surface area contributed by atoms with E-state index in [2.05, 4.69) is 0 Å². The molecule has 1 aromatic rings. The van der Waals surface area contributed by atoms with Gasteiger partial charge in [0.1, 0.15) is 4.90 Å². The Morgan fingerprint density at radius 1 is 1.30 bits per heavy atom. The quantitative estimate of drug-likeness (QED) is 0.924. The van der Waals surface area contributed by atoms with Gasteiger partial charge in [0.2, 0.25) is 10.0 Å². The van der Waals surface area contributed by atoms with Gasteiger partial charge in [-0.25, -0.2) is 8.42 Å². The van der Waals surface area contributed by atoms with Gasteiger partial charge in [-0.3, -0.25) is 4.79 Å². The number of hydrogen-bond donors (Lipinski definition) is 1. The minimum absolute atomic E-state index is 0.0465. The summed E-state index contributed by atoms with van der Waals surface area (Å²) in [6, 6.07) is 6.35. The first kappa shape index (κ1) is 15.3. The molecule has 0 amide bonds. The van der Waals surface area contributed by atoms with Gasteiger partial charge < -0.3 is 5.11 Å². The largest absolute Gasteiger partial charge is 0.481 e. The maximum Gasteiger partial charge on any atom is 0.303 e. The molecule has 1 heterocycles. The molecule has 1 aliphatic heterocycles. The Balaban J connectivity index is 2.10. The third-order valence-electron chi connectivity index (χ3n) is 3.49. The van der Waals surface area contributed by atoms with Crippen LogP contribution < -0.4 is 0 Å². The first-order valence-electron chi connectivity index (χ1n) is 6.37. The van der Waals surface area contributed by atoms with Crippen molar-refractivity contribution < 1.29 is 18.3 Å². The maximum absolute atomic E-state index is 12.5. The van der Waals surface area contributed by atoms with Crippen molar-refractivity contribution in [3.8, 4) is 0 Å². The van der Waals surface area contributed by atoms with Crippen molar-refractivity contribution in [3.05, 3.63) is 29.3 Å². The topological polar surface area (TPSA) is 74.7 Å². The molecule has 5 nitrogen and oxygen atoms in total. The molecule has 2 rings (SSSR count). The molecule has 1 fully saturated rings. The van der Waals surface area contributed by atoms with E-state index in [1.807, 2.05) is 0 Å². The van der Waals surface area contributed by atoms with E-state index < -0.39 is 16.0 Å². The molecule has 0 atom stereocenters. The number of carboxylic acid groups (broad SMARTS) is 1. The molecular weight excluding hydrogens is 302 g/mol. The predicted molar refractivity (Wildman–Crippen MR) is 75.2 cm³/mol. The van der Waals surface area contributed by atoms with Crippen LogP contribution in [0.5, 0.6) is 0 Å². The Bertz CT molecular complexity index is 594. The lowest BCUT2D eigenvalue weighted by Gasteiger charge is -2.30. The fraction of sp³-hybridized carbons (Fsp3) is 0.462. The van der Waals surface area contributed by atoms with Gasteiger partial charge in [0.05, 0.1) is 5.02 Å². The van der Waals surface area contributed by atoms with Gasteiger partial charge in [-0.15, -0.1) is 0 Å². The number of hydrogen-bond acceptors (Lipinski definition) is 3. The van der Waals surface area contributed by atoms with Crippen molar-refractivity contribution in [3.63, 3.8) is 0 Å². The molecule has 0 aliphatic carbocycles. The van der Waals surface area contributed by atoms with Crippen LogP contribution in [-0.2, 0) is 14.8 Å². The summed E-state index contributed by atoms with van der Waals surface area (Å²) in [6.07, 6.45) is 1.23. The second-order valence-corrected chi connectivity index (χ2v) is 7.19. The first-order chi connectivity index (χ1) is 9.41. The van der Waals surface area contributed by atoms with Gasteiger partial charge in [-0.1, -0.05) is 23.7 Å². The number of sulfonamides is 1. The molecule has 1 N–H and O–H groups in total. The Labute approximate surface area is 123 Å². The molecule has 7 heteroatoms. The molecule has 1 aliphatic rings. The van der Waals surface area contributed by atoms with E-state index in [4.69, 9.17) is 16.7 Å². The number of aliphatic carboxylic acids is 1. The Kier molecular flexibility index (Phi) is 4.67. The lowest BCUT2D eigenvalue weighted by atomic mass is 9.95. The van der Waals surface area contributed by atoms with Crippen molar-refractivity contribution >= 4 is 27.6 Å². The standard InChI is InChI=1S/C13H16ClNO4S/c14-11-3-1-2-4-12(11)20(18,19)15-7-5-10(6-8-15)9-13(16)17/h1-4,10H,5-9H2,(H,16,17). The molecule has 1 aromatic carbocycles. The summed E-state index contributed by atoms with van der Waals surface area (Å²) in [5, 5.41) is 8.97. The number of carbonyl (C=O) groups is 1. The molecule has 0 saturated carbocycles. The molecule has 0 unspecified atom stereocenters. The third kappa shape index (κ3) is 3.31. The van der Waals surface area contributed by atoms with E-state index in [1.165, 1.54) is 10.4 Å². The fourth-order valence-electron chi connectivity index (χ4n) is 2.39. The summed E-state index contributed by atoms with van der Waals surface area (Å²) >= 11 is 5.94. The van der Waals surface area contributed by atoms with Crippen LogP contribution in [0.1, 0.15) is 19.3 Å². The molecule has 0 aromatic heterocycles. The summed E-state index contributed by atoms with van der Waals surface area (Å²) in [7, 11) is -3.59. The number of rotatable bonds is 4. The number of piperidine rings is 1. The van der Waals surface area contributed by atoms with E-state index >= 15 is 0 Å². The highest BCUT2D eigenvalue weighted by molar-refractivity contribution is 7.89. The van der Waals surface area contributed by atoms with Gasteiger partial charge in [0, 0.05) is 19.5 Å². The van der Waals surface area contributed by atoms with E-state index in [0.717, 1.165) is 0 Å².